The number of nitrogens with zero attached hydrogens (tertiary/aromatic N) is 1. The van der Waals surface area contributed by atoms with Gasteiger partial charge in [0.1, 0.15) is 0 Å². The van der Waals surface area contributed by atoms with Gasteiger partial charge in [0.05, 0.1) is 12.2 Å². The molecule has 2 atom stereocenters. The van der Waals surface area contributed by atoms with E-state index in [0.717, 1.165) is 19.3 Å². The van der Waals surface area contributed by atoms with E-state index in [-0.39, 0.29) is 12.0 Å². The molecule has 0 unspecified atom stereocenters. The van der Waals surface area contributed by atoms with E-state index in [1.165, 1.54) is 6.42 Å². The Hall–Kier alpha value is -0.550. The monoisotopic (exact) mass is 139 g/mol. The summed E-state index contributed by atoms with van der Waals surface area (Å²) >= 11 is 0. The zero-order valence-electron chi connectivity index (χ0n) is 6.08. The molecular formula is C8H13NO. The van der Waals surface area contributed by atoms with Gasteiger partial charge >= 0.3 is 0 Å². The highest BCUT2D eigenvalue weighted by Crippen LogP contribution is 2.26. The zero-order chi connectivity index (χ0) is 7.40. The molecule has 0 heterocycles. The van der Waals surface area contributed by atoms with Gasteiger partial charge in [0.2, 0.25) is 0 Å². The molecule has 1 aliphatic carbocycles. The second-order valence-corrected chi connectivity index (χ2v) is 2.97. The van der Waals surface area contributed by atoms with Gasteiger partial charge in [-0.15, -0.1) is 0 Å². The van der Waals surface area contributed by atoms with Crippen LogP contribution in [0.2, 0.25) is 0 Å². The van der Waals surface area contributed by atoms with Crippen LogP contribution in [0.4, 0.5) is 0 Å². The predicted octanol–water partition coefficient (Wildman–Crippen LogP) is 1.45. The largest absolute Gasteiger partial charge is 0.393 e. The predicted molar refractivity (Wildman–Crippen MR) is 38.2 cm³/mol. The van der Waals surface area contributed by atoms with E-state index in [2.05, 4.69) is 6.07 Å². The van der Waals surface area contributed by atoms with Gasteiger partial charge in [-0.25, -0.2) is 0 Å². The molecule has 1 rings (SSSR count). The molecule has 10 heavy (non-hydrogen) atoms. The van der Waals surface area contributed by atoms with E-state index in [0.29, 0.717) is 6.42 Å². The molecule has 0 saturated heterocycles. The third-order valence-corrected chi connectivity index (χ3v) is 2.22. The van der Waals surface area contributed by atoms with Crippen molar-refractivity contribution in [3.63, 3.8) is 0 Å². The Morgan fingerprint density at radius 1 is 1.40 bits per heavy atom. The van der Waals surface area contributed by atoms with Gasteiger partial charge in [-0.2, -0.15) is 5.26 Å². The minimum absolute atomic E-state index is 0.201. The minimum atomic E-state index is -0.201. The molecule has 0 aromatic heterocycles. The van der Waals surface area contributed by atoms with Gasteiger partial charge in [0, 0.05) is 6.42 Å². The smallest absolute Gasteiger partial charge is 0.0625 e. The van der Waals surface area contributed by atoms with Crippen LogP contribution in [0.25, 0.3) is 0 Å². The van der Waals surface area contributed by atoms with Crippen molar-refractivity contribution in [1.29, 1.82) is 5.26 Å². The lowest BCUT2D eigenvalue weighted by Crippen LogP contribution is -2.23. The van der Waals surface area contributed by atoms with E-state index in [1.807, 2.05) is 0 Å². The summed E-state index contributed by atoms with van der Waals surface area (Å²) in [5.41, 5.74) is 0. The van der Waals surface area contributed by atoms with Crippen LogP contribution in [0.3, 0.4) is 0 Å². The molecule has 0 amide bonds. The summed E-state index contributed by atoms with van der Waals surface area (Å²) in [7, 11) is 0. The molecule has 0 aliphatic heterocycles. The highest BCUT2D eigenvalue weighted by Gasteiger charge is 2.21. The Labute approximate surface area is 61.5 Å². The summed E-state index contributed by atoms with van der Waals surface area (Å²) in [6, 6.07) is 2.11. The molecule has 56 valence electrons. The van der Waals surface area contributed by atoms with Crippen molar-refractivity contribution in [2.24, 2.45) is 5.92 Å². The SMILES string of the molecule is N#CC[C@H]1CCCC[C@@H]1O. The van der Waals surface area contributed by atoms with E-state index < -0.39 is 0 Å². The van der Waals surface area contributed by atoms with Crippen LogP contribution in [0.1, 0.15) is 32.1 Å². The first-order valence-electron chi connectivity index (χ1n) is 3.89. The van der Waals surface area contributed by atoms with Crippen molar-refractivity contribution in [3.05, 3.63) is 0 Å². The van der Waals surface area contributed by atoms with Gasteiger partial charge in [-0.05, 0) is 18.8 Å². The molecule has 1 aliphatic rings. The second kappa shape index (κ2) is 3.58. The third-order valence-electron chi connectivity index (χ3n) is 2.22. The van der Waals surface area contributed by atoms with E-state index >= 15 is 0 Å². The van der Waals surface area contributed by atoms with Crippen LogP contribution in [0.5, 0.6) is 0 Å². The van der Waals surface area contributed by atoms with Crippen LogP contribution in [-0.2, 0) is 0 Å². The van der Waals surface area contributed by atoms with E-state index in [1.54, 1.807) is 0 Å². The summed E-state index contributed by atoms with van der Waals surface area (Å²) in [6.07, 6.45) is 4.57. The molecule has 0 bridgehead atoms. The van der Waals surface area contributed by atoms with Crippen molar-refractivity contribution in [2.45, 2.75) is 38.2 Å². The first kappa shape index (κ1) is 7.56. The number of nitriles is 1. The third kappa shape index (κ3) is 1.71. The fourth-order valence-electron chi connectivity index (χ4n) is 1.54. The van der Waals surface area contributed by atoms with Gasteiger partial charge in [0.15, 0.2) is 0 Å². The summed E-state index contributed by atoms with van der Waals surface area (Å²) in [4.78, 5) is 0. The molecule has 0 spiro atoms. The Bertz CT molecular complexity index is 139. The Morgan fingerprint density at radius 2 is 2.10 bits per heavy atom. The summed E-state index contributed by atoms with van der Waals surface area (Å²) in [5.74, 6) is 0.263. The summed E-state index contributed by atoms with van der Waals surface area (Å²) < 4.78 is 0. The highest BCUT2D eigenvalue weighted by molar-refractivity contribution is 4.82. The molecule has 0 radical (unpaired) electrons. The van der Waals surface area contributed by atoms with Gasteiger partial charge < -0.3 is 5.11 Å². The quantitative estimate of drug-likeness (QED) is 0.597. The normalized spacial score (nSPS) is 33.2. The Morgan fingerprint density at radius 3 is 2.70 bits per heavy atom. The topological polar surface area (TPSA) is 44.0 Å². The fraction of sp³-hybridized carbons (Fsp3) is 0.875. The standard InChI is InChI=1S/C8H13NO/c9-6-5-7-3-1-2-4-8(7)10/h7-8,10H,1-5H2/t7-,8+/m1/s1. The molecule has 1 saturated carbocycles. The fourth-order valence-corrected chi connectivity index (χ4v) is 1.54. The Balaban J connectivity index is 2.34. The maximum Gasteiger partial charge on any atom is 0.0625 e. The van der Waals surface area contributed by atoms with E-state index in [9.17, 15) is 5.11 Å². The van der Waals surface area contributed by atoms with Crippen molar-refractivity contribution in [3.8, 4) is 6.07 Å². The van der Waals surface area contributed by atoms with Crippen molar-refractivity contribution >= 4 is 0 Å². The lowest BCUT2D eigenvalue weighted by molar-refractivity contribution is 0.0722. The molecule has 1 N–H and O–H groups in total. The molecule has 0 aromatic rings. The number of hydrogen-bond donors (Lipinski definition) is 1. The number of rotatable bonds is 1. The lowest BCUT2D eigenvalue weighted by Gasteiger charge is -2.24. The second-order valence-electron chi connectivity index (χ2n) is 2.97. The van der Waals surface area contributed by atoms with Crippen molar-refractivity contribution < 1.29 is 5.11 Å². The molecule has 2 nitrogen and oxygen atoms in total. The van der Waals surface area contributed by atoms with Crippen molar-refractivity contribution in [1.82, 2.24) is 0 Å². The molecule has 0 aromatic carbocycles. The van der Waals surface area contributed by atoms with Crippen molar-refractivity contribution in [2.75, 3.05) is 0 Å². The van der Waals surface area contributed by atoms with Crippen LogP contribution < -0.4 is 0 Å². The van der Waals surface area contributed by atoms with Crippen LogP contribution in [0.15, 0.2) is 0 Å². The Kier molecular flexibility index (Phi) is 2.70. The number of hydrogen-bond acceptors (Lipinski definition) is 2. The number of aliphatic hydroxyl groups is 1. The molecule has 1 fully saturated rings. The minimum Gasteiger partial charge on any atom is -0.393 e. The maximum absolute atomic E-state index is 9.35. The first-order chi connectivity index (χ1) is 4.84. The highest BCUT2D eigenvalue weighted by atomic mass is 16.3. The van der Waals surface area contributed by atoms with Gasteiger partial charge in [-0.3, -0.25) is 0 Å². The van der Waals surface area contributed by atoms with Gasteiger partial charge in [-0.1, -0.05) is 12.8 Å². The first-order valence-corrected chi connectivity index (χ1v) is 3.89. The molecule has 2 heteroatoms. The summed E-state index contributed by atoms with van der Waals surface area (Å²) in [5, 5.41) is 17.7. The zero-order valence-corrected chi connectivity index (χ0v) is 6.08. The maximum atomic E-state index is 9.35. The molecular weight excluding hydrogens is 126 g/mol. The van der Waals surface area contributed by atoms with Gasteiger partial charge in [0.25, 0.3) is 0 Å². The summed E-state index contributed by atoms with van der Waals surface area (Å²) in [6.45, 7) is 0. The number of aliphatic hydroxyl groups excluding tert-OH is 1. The van der Waals surface area contributed by atoms with Crippen LogP contribution >= 0.6 is 0 Å². The van der Waals surface area contributed by atoms with Crippen LogP contribution in [0, 0.1) is 17.2 Å². The lowest BCUT2D eigenvalue weighted by atomic mass is 9.85. The average Bonchev–Trinajstić information content (AvgIpc) is 1.94. The van der Waals surface area contributed by atoms with Crippen LogP contribution in [-0.4, -0.2) is 11.2 Å². The average molecular weight is 139 g/mol. The van der Waals surface area contributed by atoms with E-state index in [4.69, 9.17) is 5.26 Å².